The van der Waals surface area contributed by atoms with Crippen molar-refractivity contribution in [1.29, 1.82) is 0 Å². The van der Waals surface area contributed by atoms with Gasteiger partial charge in [0, 0.05) is 33.8 Å². The first-order valence-corrected chi connectivity index (χ1v) is 7.83. The summed E-state index contributed by atoms with van der Waals surface area (Å²) in [5, 5.41) is 8.66. The molecule has 0 aliphatic carbocycles. The first kappa shape index (κ1) is 12.6. The molecule has 0 saturated heterocycles. The van der Waals surface area contributed by atoms with E-state index in [2.05, 4.69) is 27.8 Å². The second kappa shape index (κ2) is 4.43. The highest BCUT2D eigenvalue weighted by molar-refractivity contribution is 7.21. The van der Waals surface area contributed by atoms with Gasteiger partial charge in [-0.25, -0.2) is 0 Å². The van der Waals surface area contributed by atoms with Crippen LogP contribution in [0, 0.1) is 6.92 Å². The minimum Gasteiger partial charge on any atom is -0.381 e. The van der Waals surface area contributed by atoms with Crippen LogP contribution in [0.2, 0.25) is 0 Å². The van der Waals surface area contributed by atoms with E-state index in [-0.39, 0.29) is 11.9 Å². The normalized spacial score (nSPS) is 18.2. The van der Waals surface area contributed by atoms with Gasteiger partial charge in [-0.15, -0.1) is 11.3 Å². The molecule has 0 radical (unpaired) electrons. The average molecular weight is 297 g/mol. The summed E-state index contributed by atoms with van der Waals surface area (Å²) in [6.45, 7) is 4.73. The van der Waals surface area contributed by atoms with Gasteiger partial charge in [-0.2, -0.15) is 0 Å². The van der Waals surface area contributed by atoms with Crippen molar-refractivity contribution in [3.8, 4) is 0 Å². The molecule has 106 valence electrons. The molecule has 2 aromatic heterocycles. The van der Waals surface area contributed by atoms with E-state index in [1.807, 2.05) is 26.0 Å². The van der Waals surface area contributed by atoms with E-state index in [0.717, 1.165) is 43.8 Å². The molecule has 0 fully saturated rings. The zero-order chi connectivity index (χ0) is 14.6. The summed E-state index contributed by atoms with van der Waals surface area (Å²) in [6, 6.07) is 8.33. The van der Waals surface area contributed by atoms with Crippen LogP contribution in [0.5, 0.6) is 0 Å². The Bertz CT molecular complexity index is 884. The molecular formula is C16H15N3OS. The summed E-state index contributed by atoms with van der Waals surface area (Å²) in [5.41, 5.74) is 2.93. The summed E-state index contributed by atoms with van der Waals surface area (Å²) >= 11 is 1.54. The van der Waals surface area contributed by atoms with Crippen molar-refractivity contribution < 1.29 is 4.79 Å². The molecule has 4 nitrogen and oxygen atoms in total. The van der Waals surface area contributed by atoms with Crippen molar-refractivity contribution in [1.82, 2.24) is 10.3 Å². The van der Waals surface area contributed by atoms with Gasteiger partial charge in [0.25, 0.3) is 5.91 Å². The molecule has 1 aliphatic heterocycles. The minimum atomic E-state index is 0.0110. The van der Waals surface area contributed by atoms with Crippen LogP contribution in [0.4, 0.5) is 5.69 Å². The number of aryl methyl sites for hydroxylation is 1. The second-order valence-electron chi connectivity index (χ2n) is 5.52. The number of fused-ring (bicyclic) bond motifs is 5. The first-order valence-electron chi connectivity index (χ1n) is 7.01. The summed E-state index contributed by atoms with van der Waals surface area (Å²) in [7, 11) is 0. The number of benzene rings is 1. The van der Waals surface area contributed by atoms with Crippen molar-refractivity contribution in [2.45, 2.75) is 19.9 Å². The summed E-state index contributed by atoms with van der Waals surface area (Å²) in [6.07, 6.45) is 0. The fourth-order valence-corrected chi connectivity index (χ4v) is 3.93. The van der Waals surface area contributed by atoms with Gasteiger partial charge < -0.3 is 10.6 Å². The van der Waals surface area contributed by atoms with E-state index in [0.29, 0.717) is 0 Å². The number of rotatable bonds is 0. The lowest BCUT2D eigenvalue weighted by molar-refractivity contribution is 0.0949. The number of carbonyl (C=O) groups excluding carboxylic acids is 1. The van der Waals surface area contributed by atoms with Gasteiger partial charge in [-0.3, -0.25) is 9.78 Å². The molecule has 0 unspecified atom stereocenters. The Hall–Kier alpha value is -2.14. The van der Waals surface area contributed by atoms with Crippen LogP contribution in [0.1, 0.15) is 22.3 Å². The monoisotopic (exact) mass is 297 g/mol. The Labute approximate surface area is 126 Å². The Morgan fingerprint density at radius 3 is 3.00 bits per heavy atom. The quantitative estimate of drug-likeness (QED) is 0.669. The lowest BCUT2D eigenvalue weighted by Gasteiger charge is -2.10. The molecule has 4 rings (SSSR count). The number of hydrogen-bond acceptors (Lipinski definition) is 4. The van der Waals surface area contributed by atoms with Gasteiger partial charge in [-0.05, 0) is 32.0 Å². The van der Waals surface area contributed by atoms with Gasteiger partial charge >= 0.3 is 0 Å². The molecule has 0 spiro atoms. The minimum absolute atomic E-state index is 0.0110. The lowest BCUT2D eigenvalue weighted by Crippen LogP contribution is -2.34. The number of pyridine rings is 1. The van der Waals surface area contributed by atoms with E-state index in [4.69, 9.17) is 0 Å². The average Bonchev–Trinajstić information content (AvgIpc) is 2.77. The fourth-order valence-electron chi connectivity index (χ4n) is 2.83. The molecule has 1 aromatic carbocycles. The Morgan fingerprint density at radius 2 is 2.14 bits per heavy atom. The first-order chi connectivity index (χ1) is 10.1. The summed E-state index contributed by atoms with van der Waals surface area (Å²) < 4.78 is 1.12. The van der Waals surface area contributed by atoms with Gasteiger partial charge in [-0.1, -0.05) is 6.07 Å². The molecular weight excluding hydrogens is 282 g/mol. The maximum Gasteiger partial charge on any atom is 0.263 e. The molecule has 0 saturated carbocycles. The SMILES string of the molecule is Cc1ccc2c(ccc3sc4c(c32)NC[C@@H](C)NC4=O)n1. The Balaban J connectivity index is 2.08. The molecule has 21 heavy (non-hydrogen) atoms. The number of carbonyl (C=O) groups is 1. The highest BCUT2D eigenvalue weighted by Crippen LogP contribution is 2.40. The predicted octanol–water partition coefficient (Wildman–Crippen LogP) is 3.30. The molecule has 0 bridgehead atoms. The lowest BCUT2D eigenvalue weighted by atomic mass is 10.1. The van der Waals surface area contributed by atoms with E-state index < -0.39 is 0 Å². The van der Waals surface area contributed by atoms with Crippen LogP contribution in [0.3, 0.4) is 0 Å². The predicted molar refractivity (Wildman–Crippen MR) is 87.3 cm³/mol. The van der Waals surface area contributed by atoms with Gasteiger partial charge in [0.05, 0.1) is 11.2 Å². The van der Waals surface area contributed by atoms with E-state index in [9.17, 15) is 4.79 Å². The van der Waals surface area contributed by atoms with Crippen molar-refractivity contribution in [2.24, 2.45) is 0 Å². The number of hydrogen-bond donors (Lipinski definition) is 2. The molecule has 3 aromatic rings. The summed E-state index contributed by atoms with van der Waals surface area (Å²) in [4.78, 5) is 17.7. The number of nitrogens with one attached hydrogen (secondary N) is 2. The molecule has 2 N–H and O–H groups in total. The van der Waals surface area contributed by atoms with E-state index in [1.54, 1.807) is 0 Å². The van der Waals surface area contributed by atoms with E-state index in [1.165, 1.54) is 11.3 Å². The summed E-state index contributed by atoms with van der Waals surface area (Å²) in [5.74, 6) is 0.0110. The molecule has 5 heteroatoms. The van der Waals surface area contributed by atoms with E-state index >= 15 is 0 Å². The second-order valence-corrected chi connectivity index (χ2v) is 6.57. The van der Waals surface area contributed by atoms with Crippen LogP contribution in [0.25, 0.3) is 21.0 Å². The zero-order valence-electron chi connectivity index (χ0n) is 11.9. The van der Waals surface area contributed by atoms with Crippen LogP contribution in [0.15, 0.2) is 24.3 Å². The molecule has 1 aliphatic rings. The zero-order valence-corrected chi connectivity index (χ0v) is 12.7. The third-order valence-corrected chi connectivity index (χ3v) is 4.98. The third-order valence-electron chi connectivity index (χ3n) is 3.83. The van der Waals surface area contributed by atoms with Crippen molar-refractivity contribution >= 4 is 43.9 Å². The van der Waals surface area contributed by atoms with Crippen LogP contribution in [-0.2, 0) is 0 Å². The fraction of sp³-hybridized carbons (Fsp3) is 0.250. The maximum absolute atomic E-state index is 12.3. The van der Waals surface area contributed by atoms with Crippen LogP contribution < -0.4 is 10.6 Å². The van der Waals surface area contributed by atoms with Crippen molar-refractivity contribution in [3.05, 3.63) is 34.8 Å². The molecule has 1 amide bonds. The van der Waals surface area contributed by atoms with Crippen molar-refractivity contribution in [3.63, 3.8) is 0 Å². The number of anilines is 1. The third kappa shape index (κ3) is 1.88. The smallest absolute Gasteiger partial charge is 0.263 e. The highest BCUT2D eigenvalue weighted by atomic mass is 32.1. The van der Waals surface area contributed by atoms with Crippen LogP contribution >= 0.6 is 11.3 Å². The van der Waals surface area contributed by atoms with Gasteiger partial charge in [0.2, 0.25) is 0 Å². The number of nitrogens with zero attached hydrogens (tertiary/aromatic N) is 1. The van der Waals surface area contributed by atoms with Crippen LogP contribution in [-0.4, -0.2) is 23.5 Å². The number of amides is 1. The largest absolute Gasteiger partial charge is 0.381 e. The highest BCUT2D eigenvalue weighted by Gasteiger charge is 2.24. The Kier molecular flexibility index (Phi) is 2.65. The van der Waals surface area contributed by atoms with Crippen molar-refractivity contribution in [2.75, 3.05) is 11.9 Å². The Morgan fingerprint density at radius 1 is 1.29 bits per heavy atom. The number of thiophene rings is 1. The topological polar surface area (TPSA) is 54.0 Å². The number of aromatic nitrogens is 1. The molecule has 1 atom stereocenters. The van der Waals surface area contributed by atoms with Gasteiger partial charge in [0.1, 0.15) is 4.88 Å². The standard InChI is InChI=1S/C16H15N3OS/c1-8-3-4-10-11(18-8)5-6-12-13(10)14-15(21-12)16(20)19-9(2)7-17-14/h3-6,9,17H,7H2,1-2H3,(H,19,20)/t9-/m1/s1. The van der Waals surface area contributed by atoms with Gasteiger partial charge in [0.15, 0.2) is 0 Å². The molecule has 3 heterocycles. The maximum atomic E-state index is 12.3.